The number of benzene rings is 2. The van der Waals surface area contributed by atoms with E-state index >= 15 is 0 Å². The third kappa shape index (κ3) is 3.55. The summed E-state index contributed by atoms with van der Waals surface area (Å²) in [6.07, 6.45) is 3.20. The number of hydrogen-bond donors (Lipinski definition) is 1. The quantitative estimate of drug-likeness (QED) is 0.931. The predicted octanol–water partition coefficient (Wildman–Crippen LogP) is 3.88. The van der Waals surface area contributed by atoms with Crippen molar-refractivity contribution >= 4 is 5.91 Å². The van der Waals surface area contributed by atoms with Gasteiger partial charge in [0.1, 0.15) is 5.75 Å². The average Bonchev–Trinajstić information content (AvgIpc) is 2.56. The van der Waals surface area contributed by atoms with Crippen molar-refractivity contribution in [3.05, 3.63) is 64.7 Å². The van der Waals surface area contributed by atoms with Gasteiger partial charge in [-0.05, 0) is 61.4 Å². The maximum atomic E-state index is 12.3. The van der Waals surface area contributed by atoms with Crippen LogP contribution >= 0.6 is 0 Å². The van der Waals surface area contributed by atoms with Crippen LogP contribution in [0.15, 0.2) is 42.5 Å². The third-order valence-electron chi connectivity index (χ3n) is 4.62. The molecule has 1 aliphatic rings. The highest BCUT2D eigenvalue weighted by molar-refractivity contribution is 5.78. The standard InChI is InChI=1S/C20H23NO2/c1-14-7-5-12-19(15(14)2)23-13-20(22)21-18-11-6-9-16-8-3-4-10-17(16)18/h3-5,7-8,10,12,18H,6,9,11,13H2,1-2H3,(H,21,22)/t18-/m0/s1. The van der Waals surface area contributed by atoms with E-state index in [0.717, 1.165) is 30.6 Å². The lowest BCUT2D eigenvalue weighted by Crippen LogP contribution is -2.34. The van der Waals surface area contributed by atoms with E-state index in [1.165, 1.54) is 16.7 Å². The zero-order chi connectivity index (χ0) is 16.2. The van der Waals surface area contributed by atoms with Crippen molar-refractivity contribution in [2.75, 3.05) is 6.61 Å². The Kier molecular flexibility index (Phi) is 4.65. The molecule has 0 fully saturated rings. The highest BCUT2D eigenvalue weighted by Gasteiger charge is 2.21. The molecule has 120 valence electrons. The Balaban J connectivity index is 1.61. The summed E-state index contributed by atoms with van der Waals surface area (Å²) in [5.41, 5.74) is 4.85. The zero-order valence-corrected chi connectivity index (χ0v) is 13.8. The summed E-state index contributed by atoms with van der Waals surface area (Å²) in [4.78, 5) is 12.3. The van der Waals surface area contributed by atoms with E-state index in [1.54, 1.807) is 0 Å². The zero-order valence-electron chi connectivity index (χ0n) is 13.8. The molecule has 0 saturated carbocycles. The number of carbonyl (C=O) groups is 1. The van der Waals surface area contributed by atoms with Crippen LogP contribution in [0.1, 0.15) is 41.1 Å². The van der Waals surface area contributed by atoms with Gasteiger partial charge in [0.05, 0.1) is 6.04 Å². The second kappa shape index (κ2) is 6.86. The van der Waals surface area contributed by atoms with Crippen LogP contribution < -0.4 is 10.1 Å². The second-order valence-corrected chi connectivity index (χ2v) is 6.20. The molecule has 0 saturated heterocycles. The van der Waals surface area contributed by atoms with Gasteiger partial charge in [-0.3, -0.25) is 4.79 Å². The molecule has 0 radical (unpaired) electrons. The van der Waals surface area contributed by atoms with Crippen molar-refractivity contribution < 1.29 is 9.53 Å². The summed E-state index contributed by atoms with van der Waals surface area (Å²) in [5, 5.41) is 3.12. The molecule has 3 heteroatoms. The van der Waals surface area contributed by atoms with Crippen molar-refractivity contribution in [1.82, 2.24) is 5.32 Å². The summed E-state index contributed by atoms with van der Waals surface area (Å²) < 4.78 is 5.70. The largest absolute Gasteiger partial charge is 0.483 e. The Morgan fingerprint density at radius 1 is 1.17 bits per heavy atom. The van der Waals surface area contributed by atoms with Crippen molar-refractivity contribution in [3.8, 4) is 5.75 Å². The summed E-state index contributed by atoms with van der Waals surface area (Å²) in [7, 11) is 0. The van der Waals surface area contributed by atoms with Gasteiger partial charge in [-0.1, -0.05) is 36.4 Å². The van der Waals surface area contributed by atoms with E-state index in [-0.39, 0.29) is 18.6 Å². The maximum absolute atomic E-state index is 12.3. The Morgan fingerprint density at radius 2 is 2.00 bits per heavy atom. The lowest BCUT2D eigenvalue weighted by molar-refractivity contribution is -0.124. The number of rotatable bonds is 4. The molecule has 0 unspecified atom stereocenters. The first kappa shape index (κ1) is 15.6. The molecule has 0 heterocycles. The average molecular weight is 309 g/mol. The summed E-state index contributed by atoms with van der Waals surface area (Å²) in [6, 6.07) is 14.4. The van der Waals surface area contributed by atoms with Crippen LogP contribution in [-0.4, -0.2) is 12.5 Å². The predicted molar refractivity (Wildman–Crippen MR) is 91.7 cm³/mol. The number of ether oxygens (including phenoxy) is 1. The lowest BCUT2D eigenvalue weighted by Gasteiger charge is -2.26. The van der Waals surface area contributed by atoms with Gasteiger partial charge in [0, 0.05) is 0 Å². The molecule has 1 N–H and O–H groups in total. The molecular weight excluding hydrogens is 286 g/mol. The molecule has 1 amide bonds. The normalized spacial score (nSPS) is 16.5. The number of aryl methyl sites for hydroxylation is 2. The van der Waals surface area contributed by atoms with Crippen LogP contribution in [0.25, 0.3) is 0 Å². The molecule has 3 nitrogen and oxygen atoms in total. The number of nitrogens with one attached hydrogen (secondary N) is 1. The van der Waals surface area contributed by atoms with E-state index in [0.29, 0.717) is 0 Å². The Hall–Kier alpha value is -2.29. The fraction of sp³-hybridized carbons (Fsp3) is 0.350. The van der Waals surface area contributed by atoms with Gasteiger partial charge in [0.2, 0.25) is 0 Å². The topological polar surface area (TPSA) is 38.3 Å². The molecule has 2 aromatic rings. The molecule has 1 aliphatic carbocycles. The smallest absolute Gasteiger partial charge is 0.258 e. The van der Waals surface area contributed by atoms with Crippen LogP contribution in [0, 0.1) is 13.8 Å². The Bertz CT molecular complexity index is 709. The van der Waals surface area contributed by atoms with E-state index in [9.17, 15) is 4.79 Å². The van der Waals surface area contributed by atoms with Crippen LogP contribution in [0.2, 0.25) is 0 Å². The van der Waals surface area contributed by atoms with Crippen LogP contribution in [0.5, 0.6) is 5.75 Å². The molecule has 0 aromatic heterocycles. The molecule has 3 rings (SSSR count). The first-order valence-corrected chi connectivity index (χ1v) is 8.21. The Morgan fingerprint density at radius 3 is 2.87 bits per heavy atom. The number of hydrogen-bond acceptors (Lipinski definition) is 2. The second-order valence-electron chi connectivity index (χ2n) is 6.20. The molecule has 0 aliphatic heterocycles. The van der Waals surface area contributed by atoms with Crippen molar-refractivity contribution in [1.29, 1.82) is 0 Å². The van der Waals surface area contributed by atoms with Crippen LogP contribution in [0.4, 0.5) is 0 Å². The van der Waals surface area contributed by atoms with Gasteiger partial charge < -0.3 is 10.1 Å². The monoisotopic (exact) mass is 309 g/mol. The van der Waals surface area contributed by atoms with Gasteiger partial charge in [-0.25, -0.2) is 0 Å². The van der Waals surface area contributed by atoms with E-state index in [4.69, 9.17) is 4.74 Å². The van der Waals surface area contributed by atoms with Crippen molar-refractivity contribution in [3.63, 3.8) is 0 Å². The first-order chi connectivity index (χ1) is 11.1. The minimum atomic E-state index is -0.0624. The summed E-state index contributed by atoms with van der Waals surface area (Å²) >= 11 is 0. The van der Waals surface area contributed by atoms with Crippen molar-refractivity contribution in [2.24, 2.45) is 0 Å². The van der Waals surface area contributed by atoms with Crippen LogP contribution in [-0.2, 0) is 11.2 Å². The number of fused-ring (bicyclic) bond motifs is 1. The molecule has 1 atom stereocenters. The third-order valence-corrected chi connectivity index (χ3v) is 4.62. The molecule has 2 aromatic carbocycles. The highest BCUT2D eigenvalue weighted by Crippen LogP contribution is 2.29. The summed E-state index contributed by atoms with van der Waals surface area (Å²) in [6.45, 7) is 4.12. The lowest BCUT2D eigenvalue weighted by atomic mass is 9.88. The number of carbonyl (C=O) groups excluding carboxylic acids is 1. The highest BCUT2D eigenvalue weighted by atomic mass is 16.5. The van der Waals surface area contributed by atoms with Crippen molar-refractivity contribution in [2.45, 2.75) is 39.2 Å². The van der Waals surface area contributed by atoms with E-state index in [1.807, 2.05) is 38.1 Å². The maximum Gasteiger partial charge on any atom is 0.258 e. The minimum absolute atomic E-state index is 0.0585. The fourth-order valence-corrected chi connectivity index (χ4v) is 3.16. The SMILES string of the molecule is Cc1cccc(OCC(=O)N[C@H]2CCCc3ccccc32)c1C. The van der Waals surface area contributed by atoms with Gasteiger partial charge >= 0.3 is 0 Å². The van der Waals surface area contributed by atoms with Gasteiger partial charge in [-0.15, -0.1) is 0 Å². The van der Waals surface area contributed by atoms with E-state index in [2.05, 4.69) is 23.5 Å². The Labute approximate surface area is 137 Å². The molecular formula is C20H23NO2. The van der Waals surface area contributed by atoms with Gasteiger partial charge in [-0.2, -0.15) is 0 Å². The van der Waals surface area contributed by atoms with Gasteiger partial charge in [0.25, 0.3) is 5.91 Å². The number of amides is 1. The van der Waals surface area contributed by atoms with E-state index < -0.39 is 0 Å². The molecule has 0 spiro atoms. The molecule has 23 heavy (non-hydrogen) atoms. The minimum Gasteiger partial charge on any atom is -0.483 e. The molecule has 0 bridgehead atoms. The van der Waals surface area contributed by atoms with Gasteiger partial charge in [0.15, 0.2) is 6.61 Å². The first-order valence-electron chi connectivity index (χ1n) is 8.21. The van der Waals surface area contributed by atoms with Crippen LogP contribution in [0.3, 0.4) is 0 Å². The summed E-state index contributed by atoms with van der Waals surface area (Å²) in [5.74, 6) is 0.719. The fourth-order valence-electron chi connectivity index (χ4n) is 3.16.